The summed E-state index contributed by atoms with van der Waals surface area (Å²) in [4.78, 5) is 27.3. The van der Waals surface area contributed by atoms with Crippen LogP contribution in [-0.2, 0) is 11.2 Å². The Hall–Kier alpha value is -2.89. The quantitative estimate of drug-likeness (QED) is 0.772. The molecule has 0 saturated heterocycles. The van der Waals surface area contributed by atoms with E-state index in [1.165, 1.54) is 0 Å². The van der Waals surface area contributed by atoms with Crippen molar-refractivity contribution in [2.45, 2.75) is 12.5 Å². The summed E-state index contributed by atoms with van der Waals surface area (Å²) in [5, 5.41) is 5.09. The van der Waals surface area contributed by atoms with E-state index in [9.17, 15) is 9.59 Å². The van der Waals surface area contributed by atoms with Gasteiger partial charge >= 0.3 is 6.03 Å². The van der Waals surface area contributed by atoms with Crippen molar-refractivity contribution in [3.8, 4) is 0 Å². The molecule has 0 radical (unpaired) electrons. The molecule has 1 aromatic heterocycles. The summed E-state index contributed by atoms with van der Waals surface area (Å²) in [5.41, 5.74) is 6.25. The zero-order valence-electron chi connectivity index (χ0n) is 11.3. The molecular weight excluding hydrogens is 268 g/mol. The molecule has 6 heteroatoms. The van der Waals surface area contributed by atoms with Crippen molar-refractivity contribution in [3.05, 3.63) is 60.3 Å². The number of urea groups is 1. The highest BCUT2D eigenvalue weighted by Crippen LogP contribution is 2.04. The molecule has 0 unspecified atom stereocenters. The number of aromatic nitrogens is 1. The second-order valence-electron chi connectivity index (χ2n) is 4.46. The molecule has 0 fully saturated rings. The number of hydrogen-bond donors (Lipinski definition) is 3. The van der Waals surface area contributed by atoms with Crippen molar-refractivity contribution in [1.29, 1.82) is 0 Å². The maximum Gasteiger partial charge on any atom is 0.321 e. The molecule has 108 valence electrons. The summed E-state index contributed by atoms with van der Waals surface area (Å²) in [7, 11) is 0. The van der Waals surface area contributed by atoms with E-state index in [1.807, 2.05) is 30.3 Å². The van der Waals surface area contributed by atoms with Gasteiger partial charge in [-0.05, 0) is 17.7 Å². The fourth-order valence-electron chi connectivity index (χ4n) is 1.82. The SMILES string of the molecule is NC(=O)[C@@H](Cc1ccccc1)NC(=O)Nc1ccccn1. The van der Waals surface area contributed by atoms with Crippen LogP contribution in [0.5, 0.6) is 0 Å². The number of pyridine rings is 1. The monoisotopic (exact) mass is 284 g/mol. The van der Waals surface area contributed by atoms with Crippen LogP contribution < -0.4 is 16.4 Å². The van der Waals surface area contributed by atoms with E-state index in [4.69, 9.17) is 5.73 Å². The average molecular weight is 284 g/mol. The molecule has 0 spiro atoms. The lowest BCUT2D eigenvalue weighted by Crippen LogP contribution is -2.47. The minimum absolute atomic E-state index is 0.339. The minimum atomic E-state index is -0.781. The molecule has 0 aliphatic carbocycles. The second-order valence-corrected chi connectivity index (χ2v) is 4.46. The van der Waals surface area contributed by atoms with Gasteiger partial charge in [0.05, 0.1) is 0 Å². The third-order valence-corrected chi connectivity index (χ3v) is 2.84. The molecule has 3 amide bonds. The first kappa shape index (κ1) is 14.5. The summed E-state index contributed by atoms with van der Waals surface area (Å²) in [6.07, 6.45) is 1.90. The Bertz CT molecular complexity index is 602. The largest absolute Gasteiger partial charge is 0.368 e. The van der Waals surface area contributed by atoms with Gasteiger partial charge in [0.15, 0.2) is 0 Å². The normalized spacial score (nSPS) is 11.4. The molecule has 1 aromatic carbocycles. The van der Waals surface area contributed by atoms with Gasteiger partial charge in [0.1, 0.15) is 11.9 Å². The van der Waals surface area contributed by atoms with Crippen molar-refractivity contribution >= 4 is 17.8 Å². The van der Waals surface area contributed by atoms with Gasteiger partial charge in [-0.15, -0.1) is 0 Å². The van der Waals surface area contributed by atoms with Crippen LogP contribution in [0.2, 0.25) is 0 Å². The lowest BCUT2D eigenvalue weighted by Gasteiger charge is -2.15. The lowest BCUT2D eigenvalue weighted by atomic mass is 10.1. The molecule has 0 aliphatic heterocycles. The van der Waals surface area contributed by atoms with Gasteiger partial charge in [0.2, 0.25) is 5.91 Å². The molecule has 0 aliphatic rings. The molecule has 1 heterocycles. The fraction of sp³-hybridized carbons (Fsp3) is 0.133. The van der Waals surface area contributed by atoms with Gasteiger partial charge in [0, 0.05) is 12.6 Å². The number of anilines is 1. The van der Waals surface area contributed by atoms with Crippen molar-refractivity contribution < 1.29 is 9.59 Å². The predicted octanol–water partition coefficient (Wildman–Crippen LogP) is 1.30. The van der Waals surface area contributed by atoms with Gasteiger partial charge < -0.3 is 11.1 Å². The number of nitrogens with one attached hydrogen (secondary N) is 2. The molecule has 2 rings (SSSR count). The van der Waals surface area contributed by atoms with Crippen molar-refractivity contribution in [2.75, 3.05) is 5.32 Å². The third kappa shape index (κ3) is 4.61. The van der Waals surface area contributed by atoms with E-state index < -0.39 is 18.0 Å². The molecule has 6 nitrogen and oxygen atoms in total. The van der Waals surface area contributed by atoms with Crippen molar-refractivity contribution in [2.24, 2.45) is 5.73 Å². The molecule has 0 bridgehead atoms. The van der Waals surface area contributed by atoms with Gasteiger partial charge in [-0.25, -0.2) is 9.78 Å². The standard InChI is InChI=1S/C15H16N4O2/c16-14(20)12(10-11-6-2-1-3-7-11)18-15(21)19-13-8-4-5-9-17-13/h1-9,12H,10H2,(H2,16,20)(H2,17,18,19,21)/t12-/m1/s1. The van der Waals surface area contributed by atoms with E-state index in [2.05, 4.69) is 15.6 Å². The van der Waals surface area contributed by atoms with E-state index in [1.54, 1.807) is 24.4 Å². The Morgan fingerprint density at radius 2 is 1.81 bits per heavy atom. The summed E-state index contributed by atoms with van der Waals surface area (Å²) in [5.74, 6) is -0.187. The summed E-state index contributed by atoms with van der Waals surface area (Å²) >= 11 is 0. The Balaban J connectivity index is 1.96. The number of carbonyl (C=O) groups excluding carboxylic acids is 2. The zero-order valence-corrected chi connectivity index (χ0v) is 11.3. The van der Waals surface area contributed by atoms with Gasteiger partial charge in [0.25, 0.3) is 0 Å². The van der Waals surface area contributed by atoms with Crippen LogP contribution in [0.15, 0.2) is 54.7 Å². The Morgan fingerprint density at radius 3 is 2.43 bits per heavy atom. The first-order valence-corrected chi connectivity index (χ1v) is 6.47. The fourth-order valence-corrected chi connectivity index (χ4v) is 1.82. The van der Waals surface area contributed by atoms with Crippen LogP contribution >= 0.6 is 0 Å². The smallest absolute Gasteiger partial charge is 0.321 e. The van der Waals surface area contributed by atoms with Gasteiger partial charge in [-0.1, -0.05) is 36.4 Å². The van der Waals surface area contributed by atoms with Crippen LogP contribution in [0.4, 0.5) is 10.6 Å². The molecular formula is C15H16N4O2. The van der Waals surface area contributed by atoms with Crippen LogP contribution in [0.1, 0.15) is 5.56 Å². The summed E-state index contributed by atoms with van der Waals surface area (Å²) < 4.78 is 0. The third-order valence-electron chi connectivity index (χ3n) is 2.84. The van der Waals surface area contributed by atoms with E-state index in [-0.39, 0.29) is 0 Å². The predicted molar refractivity (Wildman–Crippen MR) is 79.5 cm³/mol. The van der Waals surface area contributed by atoms with E-state index in [0.717, 1.165) is 5.56 Å². The second kappa shape index (κ2) is 7.04. The Morgan fingerprint density at radius 1 is 1.10 bits per heavy atom. The number of rotatable bonds is 5. The number of hydrogen-bond acceptors (Lipinski definition) is 3. The van der Waals surface area contributed by atoms with Crippen molar-refractivity contribution in [1.82, 2.24) is 10.3 Å². The Labute approximate surface area is 122 Å². The number of nitrogens with two attached hydrogens (primary N) is 1. The van der Waals surface area contributed by atoms with Crippen molar-refractivity contribution in [3.63, 3.8) is 0 Å². The summed E-state index contributed by atoms with van der Waals surface area (Å²) in [6, 6.07) is 13.2. The molecule has 0 saturated carbocycles. The Kier molecular flexibility index (Phi) is 4.87. The minimum Gasteiger partial charge on any atom is -0.368 e. The number of carbonyl (C=O) groups is 2. The highest BCUT2D eigenvalue weighted by molar-refractivity contribution is 5.92. The van der Waals surface area contributed by atoms with E-state index in [0.29, 0.717) is 12.2 Å². The first-order valence-electron chi connectivity index (χ1n) is 6.47. The topological polar surface area (TPSA) is 97.1 Å². The van der Waals surface area contributed by atoms with Gasteiger partial charge in [-0.3, -0.25) is 10.1 Å². The molecule has 21 heavy (non-hydrogen) atoms. The molecule has 4 N–H and O–H groups in total. The zero-order chi connectivity index (χ0) is 15.1. The number of primary amides is 1. The van der Waals surface area contributed by atoms with Crippen LogP contribution in [0.3, 0.4) is 0 Å². The molecule has 2 aromatic rings. The maximum absolute atomic E-state index is 11.8. The highest BCUT2D eigenvalue weighted by atomic mass is 16.2. The summed E-state index contributed by atoms with van der Waals surface area (Å²) in [6.45, 7) is 0. The molecule has 1 atom stereocenters. The van der Waals surface area contributed by atoms with Crippen LogP contribution in [0.25, 0.3) is 0 Å². The first-order chi connectivity index (χ1) is 10.1. The van der Waals surface area contributed by atoms with Crippen LogP contribution in [-0.4, -0.2) is 23.0 Å². The highest BCUT2D eigenvalue weighted by Gasteiger charge is 2.18. The maximum atomic E-state index is 11.8. The number of benzene rings is 1. The average Bonchev–Trinajstić information content (AvgIpc) is 2.48. The number of amides is 3. The lowest BCUT2D eigenvalue weighted by molar-refractivity contribution is -0.119. The van der Waals surface area contributed by atoms with Crippen LogP contribution in [0, 0.1) is 0 Å². The van der Waals surface area contributed by atoms with E-state index >= 15 is 0 Å². The number of nitrogens with zero attached hydrogens (tertiary/aromatic N) is 1. The van der Waals surface area contributed by atoms with Gasteiger partial charge in [-0.2, -0.15) is 0 Å².